The molecule has 16 heavy (non-hydrogen) atoms. The summed E-state index contributed by atoms with van der Waals surface area (Å²) in [6.45, 7) is 6.64. The van der Waals surface area contributed by atoms with Crippen molar-refractivity contribution in [2.24, 2.45) is 5.92 Å². The van der Waals surface area contributed by atoms with Gasteiger partial charge in [-0.1, -0.05) is 0 Å². The van der Waals surface area contributed by atoms with Gasteiger partial charge in [-0.3, -0.25) is 4.79 Å². The summed E-state index contributed by atoms with van der Waals surface area (Å²) < 4.78 is 5.42. The Balaban J connectivity index is 1.97. The van der Waals surface area contributed by atoms with Crippen molar-refractivity contribution in [2.75, 3.05) is 6.61 Å². The summed E-state index contributed by atoms with van der Waals surface area (Å²) in [6.07, 6.45) is 1.57. The van der Waals surface area contributed by atoms with E-state index in [1.807, 2.05) is 20.8 Å². The van der Waals surface area contributed by atoms with E-state index in [1.165, 1.54) is 4.88 Å². The molecule has 1 aromatic heterocycles. The van der Waals surface area contributed by atoms with Crippen LogP contribution in [0.5, 0.6) is 0 Å². The average Bonchev–Trinajstić information content (AvgIpc) is 2.75. The van der Waals surface area contributed by atoms with E-state index in [0.717, 1.165) is 17.1 Å². The van der Waals surface area contributed by atoms with Crippen molar-refractivity contribution in [2.45, 2.75) is 39.7 Å². The number of ketones is 1. The molecular weight excluding hydrogens is 222 g/mol. The van der Waals surface area contributed by atoms with E-state index >= 15 is 0 Å². The molecule has 2 unspecified atom stereocenters. The Hall–Kier alpha value is -0.740. The molecule has 0 aliphatic carbocycles. The second-order valence-corrected chi connectivity index (χ2v) is 5.76. The molecule has 0 spiro atoms. The van der Waals surface area contributed by atoms with Crippen LogP contribution >= 0.6 is 11.3 Å². The molecule has 0 aromatic carbocycles. The van der Waals surface area contributed by atoms with Crippen molar-refractivity contribution in [3.05, 3.63) is 15.6 Å². The Morgan fingerprint density at radius 3 is 2.81 bits per heavy atom. The van der Waals surface area contributed by atoms with E-state index in [4.69, 9.17) is 4.74 Å². The molecule has 1 saturated heterocycles. The van der Waals surface area contributed by atoms with Crippen LogP contribution in [-0.2, 0) is 16.0 Å². The third kappa shape index (κ3) is 2.50. The maximum Gasteiger partial charge on any atom is 0.145 e. The first-order valence-electron chi connectivity index (χ1n) is 5.63. The molecular formula is C12H17NO2S. The maximum absolute atomic E-state index is 12.0. The lowest BCUT2D eigenvalue weighted by molar-refractivity contribution is -0.122. The minimum Gasteiger partial charge on any atom is -0.378 e. The number of ether oxygens (including phenoxy) is 1. The van der Waals surface area contributed by atoms with Crippen LogP contribution in [0.15, 0.2) is 0 Å². The van der Waals surface area contributed by atoms with Crippen molar-refractivity contribution < 1.29 is 9.53 Å². The summed E-state index contributed by atoms with van der Waals surface area (Å²) in [7, 11) is 0. The quantitative estimate of drug-likeness (QED) is 0.812. The van der Waals surface area contributed by atoms with Crippen molar-refractivity contribution in [3.63, 3.8) is 0 Å². The van der Waals surface area contributed by atoms with Crippen LogP contribution < -0.4 is 0 Å². The van der Waals surface area contributed by atoms with Crippen LogP contribution in [-0.4, -0.2) is 23.5 Å². The molecule has 3 nitrogen and oxygen atoms in total. The van der Waals surface area contributed by atoms with E-state index in [-0.39, 0.29) is 17.8 Å². The predicted molar refractivity (Wildman–Crippen MR) is 63.8 cm³/mol. The molecule has 0 saturated carbocycles. The van der Waals surface area contributed by atoms with E-state index in [1.54, 1.807) is 11.3 Å². The largest absolute Gasteiger partial charge is 0.378 e. The van der Waals surface area contributed by atoms with Gasteiger partial charge in [-0.2, -0.15) is 0 Å². The first kappa shape index (κ1) is 11.7. The number of nitrogens with zero attached hydrogens (tertiary/aromatic N) is 1. The van der Waals surface area contributed by atoms with Gasteiger partial charge in [0.2, 0.25) is 0 Å². The van der Waals surface area contributed by atoms with Gasteiger partial charge in [0, 0.05) is 10.8 Å². The summed E-state index contributed by atoms with van der Waals surface area (Å²) in [5.74, 6) is 0.359. The van der Waals surface area contributed by atoms with Crippen molar-refractivity contribution in [3.8, 4) is 0 Å². The summed E-state index contributed by atoms with van der Waals surface area (Å²) in [6, 6.07) is 0. The Labute approximate surface area is 99.8 Å². The third-order valence-corrected chi connectivity index (χ3v) is 4.12. The predicted octanol–water partition coefficient (Wildman–Crippen LogP) is 2.30. The van der Waals surface area contributed by atoms with Gasteiger partial charge in [0.15, 0.2) is 0 Å². The van der Waals surface area contributed by atoms with Crippen molar-refractivity contribution >= 4 is 17.1 Å². The zero-order chi connectivity index (χ0) is 11.7. The van der Waals surface area contributed by atoms with Crippen molar-refractivity contribution in [1.82, 2.24) is 4.98 Å². The molecule has 1 fully saturated rings. The standard InChI is InChI=1S/C12H17NO2S/c1-7-4-10(6-15-7)11(14)5-12-13-8(2)9(3)16-12/h7,10H,4-6H2,1-3H3. The van der Waals surface area contributed by atoms with Gasteiger partial charge in [0.1, 0.15) is 10.8 Å². The second-order valence-electron chi connectivity index (χ2n) is 4.47. The summed E-state index contributed by atoms with van der Waals surface area (Å²) >= 11 is 1.63. The third-order valence-electron chi connectivity index (χ3n) is 3.05. The highest BCUT2D eigenvalue weighted by atomic mass is 32.1. The molecule has 4 heteroatoms. The highest BCUT2D eigenvalue weighted by Crippen LogP contribution is 2.23. The number of hydrogen-bond donors (Lipinski definition) is 0. The lowest BCUT2D eigenvalue weighted by atomic mass is 9.99. The minimum absolute atomic E-state index is 0.0829. The topological polar surface area (TPSA) is 39.2 Å². The molecule has 2 rings (SSSR count). The van der Waals surface area contributed by atoms with Gasteiger partial charge < -0.3 is 4.74 Å². The highest BCUT2D eigenvalue weighted by Gasteiger charge is 2.28. The van der Waals surface area contributed by atoms with Crippen LogP contribution in [0.4, 0.5) is 0 Å². The Morgan fingerprint density at radius 2 is 2.31 bits per heavy atom. The summed E-state index contributed by atoms with van der Waals surface area (Å²) in [5.41, 5.74) is 1.05. The van der Waals surface area contributed by atoms with Gasteiger partial charge in [-0.05, 0) is 27.2 Å². The second kappa shape index (κ2) is 4.63. The van der Waals surface area contributed by atoms with E-state index < -0.39 is 0 Å². The van der Waals surface area contributed by atoms with Gasteiger partial charge in [0.25, 0.3) is 0 Å². The molecule has 0 radical (unpaired) electrons. The molecule has 88 valence electrons. The number of aromatic nitrogens is 1. The fourth-order valence-electron chi connectivity index (χ4n) is 1.95. The van der Waals surface area contributed by atoms with E-state index in [2.05, 4.69) is 4.98 Å². The van der Waals surface area contributed by atoms with E-state index in [0.29, 0.717) is 13.0 Å². The van der Waals surface area contributed by atoms with Crippen LogP contribution in [0.3, 0.4) is 0 Å². The van der Waals surface area contributed by atoms with Crippen molar-refractivity contribution in [1.29, 1.82) is 0 Å². The molecule has 0 N–H and O–H groups in total. The van der Waals surface area contributed by atoms with Gasteiger partial charge in [-0.25, -0.2) is 4.98 Å². The first-order chi connectivity index (χ1) is 7.56. The zero-order valence-electron chi connectivity index (χ0n) is 9.95. The monoisotopic (exact) mass is 239 g/mol. The molecule has 0 amide bonds. The molecule has 1 aromatic rings. The Bertz CT molecular complexity index is 380. The Kier molecular flexibility index (Phi) is 3.40. The number of carbonyl (C=O) groups excluding carboxylic acids is 1. The number of thiazole rings is 1. The highest BCUT2D eigenvalue weighted by molar-refractivity contribution is 7.11. The van der Waals surface area contributed by atoms with E-state index in [9.17, 15) is 4.79 Å². The molecule has 2 heterocycles. The fraction of sp³-hybridized carbons (Fsp3) is 0.667. The minimum atomic E-state index is 0.0829. The summed E-state index contributed by atoms with van der Waals surface area (Å²) in [5, 5.41) is 0.944. The smallest absolute Gasteiger partial charge is 0.145 e. The van der Waals surface area contributed by atoms with Crippen LogP contribution in [0.2, 0.25) is 0 Å². The fourth-order valence-corrected chi connectivity index (χ4v) is 2.89. The Morgan fingerprint density at radius 1 is 1.56 bits per heavy atom. The number of hydrogen-bond acceptors (Lipinski definition) is 4. The van der Waals surface area contributed by atoms with Crippen LogP contribution in [0, 0.1) is 19.8 Å². The lowest BCUT2D eigenvalue weighted by Gasteiger charge is -2.03. The zero-order valence-corrected chi connectivity index (χ0v) is 10.8. The van der Waals surface area contributed by atoms with Crippen LogP contribution in [0.25, 0.3) is 0 Å². The van der Waals surface area contributed by atoms with Gasteiger partial charge in [0.05, 0.1) is 24.8 Å². The number of rotatable bonds is 3. The van der Waals surface area contributed by atoms with Gasteiger partial charge >= 0.3 is 0 Å². The number of Topliss-reactive ketones (excluding diaryl/α,β-unsaturated/α-hetero) is 1. The summed E-state index contributed by atoms with van der Waals surface area (Å²) in [4.78, 5) is 17.6. The molecule has 0 bridgehead atoms. The number of carbonyl (C=O) groups is 1. The SMILES string of the molecule is Cc1nc(CC(=O)C2COC(C)C2)sc1C. The van der Waals surface area contributed by atoms with Gasteiger partial charge in [-0.15, -0.1) is 11.3 Å². The molecule has 1 aliphatic rings. The number of aryl methyl sites for hydroxylation is 2. The first-order valence-corrected chi connectivity index (χ1v) is 6.45. The molecule has 1 aliphatic heterocycles. The average molecular weight is 239 g/mol. The maximum atomic E-state index is 12.0. The normalized spacial score (nSPS) is 24.9. The molecule has 2 atom stereocenters. The lowest BCUT2D eigenvalue weighted by Crippen LogP contribution is -2.16. The van der Waals surface area contributed by atoms with Crippen LogP contribution in [0.1, 0.15) is 28.9 Å².